The predicted molar refractivity (Wildman–Crippen MR) is 61.6 cm³/mol. The molecular formula is C11H18N4O3. The molecule has 3 rings (SSSR count). The molecule has 100 valence electrons. The van der Waals surface area contributed by atoms with Gasteiger partial charge >= 0.3 is 0 Å². The van der Waals surface area contributed by atoms with Crippen molar-refractivity contribution in [3.8, 4) is 0 Å². The summed E-state index contributed by atoms with van der Waals surface area (Å²) in [6, 6.07) is 0.544. The molecule has 3 heterocycles. The van der Waals surface area contributed by atoms with Crippen molar-refractivity contribution < 1.29 is 14.4 Å². The first-order valence-electron chi connectivity index (χ1n) is 6.35. The summed E-state index contributed by atoms with van der Waals surface area (Å²) in [5.41, 5.74) is 5.34. The summed E-state index contributed by atoms with van der Waals surface area (Å²) in [5.74, 6) is 0.669. The molecule has 3 atom stereocenters. The highest BCUT2D eigenvalue weighted by molar-refractivity contribution is 4.98. The molecule has 0 aromatic carbocycles. The maximum atomic E-state index is 9.52. The van der Waals surface area contributed by atoms with Crippen LogP contribution in [0.25, 0.3) is 0 Å². The summed E-state index contributed by atoms with van der Waals surface area (Å²) in [4.78, 5) is 6.57. The highest BCUT2D eigenvalue weighted by Crippen LogP contribution is 2.29. The molecule has 0 radical (unpaired) electrons. The van der Waals surface area contributed by atoms with Gasteiger partial charge in [-0.1, -0.05) is 5.16 Å². The van der Waals surface area contributed by atoms with Crippen LogP contribution in [-0.2, 0) is 4.74 Å². The van der Waals surface area contributed by atoms with Crippen molar-refractivity contribution in [3.63, 3.8) is 0 Å². The van der Waals surface area contributed by atoms with E-state index < -0.39 is 6.10 Å². The summed E-state index contributed by atoms with van der Waals surface area (Å²) >= 11 is 0. The first-order chi connectivity index (χ1) is 8.78. The maximum absolute atomic E-state index is 9.52. The number of nitrogens with zero attached hydrogens (tertiary/aromatic N) is 3. The molecule has 1 aromatic rings. The van der Waals surface area contributed by atoms with E-state index in [-0.39, 0.29) is 18.5 Å². The van der Waals surface area contributed by atoms with Crippen LogP contribution in [0.15, 0.2) is 4.52 Å². The SMILES string of the molecule is NCC(O)c1nc(C2CN3CCCC3CO2)no1. The van der Waals surface area contributed by atoms with E-state index in [0.717, 1.165) is 13.1 Å². The van der Waals surface area contributed by atoms with Crippen LogP contribution in [0.1, 0.15) is 36.8 Å². The third-order valence-corrected chi connectivity index (χ3v) is 3.64. The lowest BCUT2D eigenvalue weighted by Crippen LogP contribution is -2.42. The normalized spacial score (nSPS) is 30.3. The number of ether oxygens (including phenoxy) is 1. The van der Waals surface area contributed by atoms with E-state index in [0.29, 0.717) is 18.5 Å². The molecule has 7 nitrogen and oxygen atoms in total. The molecule has 3 N–H and O–H groups in total. The summed E-state index contributed by atoms with van der Waals surface area (Å²) < 4.78 is 10.8. The van der Waals surface area contributed by atoms with Crippen LogP contribution in [-0.4, -0.2) is 52.4 Å². The number of morpholine rings is 1. The van der Waals surface area contributed by atoms with Crippen molar-refractivity contribution in [2.75, 3.05) is 26.2 Å². The van der Waals surface area contributed by atoms with Crippen LogP contribution in [0.4, 0.5) is 0 Å². The van der Waals surface area contributed by atoms with Gasteiger partial charge in [0.1, 0.15) is 12.2 Å². The molecule has 18 heavy (non-hydrogen) atoms. The topological polar surface area (TPSA) is 97.6 Å². The fraction of sp³-hybridized carbons (Fsp3) is 0.818. The molecule has 2 fully saturated rings. The van der Waals surface area contributed by atoms with Gasteiger partial charge in [-0.05, 0) is 19.4 Å². The van der Waals surface area contributed by atoms with Gasteiger partial charge in [0.05, 0.1) is 6.61 Å². The molecule has 1 aromatic heterocycles. The molecule has 0 aliphatic carbocycles. The number of hydrogen-bond donors (Lipinski definition) is 2. The Morgan fingerprint density at radius 3 is 3.28 bits per heavy atom. The second kappa shape index (κ2) is 4.93. The molecule has 0 saturated carbocycles. The van der Waals surface area contributed by atoms with Crippen molar-refractivity contribution in [1.29, 1.82) is 0 Å². The average molecular weight is 254 g/mol. The lowest BCUT2D eigenvalue weighted by atomic mass is 10.2. The minimum Gasteiger partial charge on any atom is -0.382 e. The Morgan fingerprint density at radius 1 is 1.56 bits per heavy atom. The zero-order valence-corrected chi connectivity index (χ0v) is 10.2. The maximum Gasteiger partial charge on any atom is 0.256 e. The smallest absolute Gasteiger partial charge is 0.256 e. The van der Waals surface area contributed by atoms with E-state index in [1.807, 2.05) is 0 Å². The van der Waals surface area contributed by atoms with Crippen LogP contribution in [0, 0.1) is 0 Å². The van der Waals surface area contributed by atoms with Gasteiger partial charge in [-0.25, -0.2) is 0 Å². The third kappa shape index (κ3) is 2.14. The summed E-state index contributed by atoms with van der Waals surface area (Å²) in [5, 5.41) is 13.4. The van der Waals surface area contributed by atoms with Gasteiger partial charge in [0.15, 0.2) is 0 Å². The standard InChI is InChI=1S/C11H18N4O3/c12-4-8(16)11-13-10(14-18-11)9-5-15-3-1-2-7(15)6-17-9/h7-9,16H,1-6,12H2. The minimum absolute atomic E-state index is 0.0708. The van der Waals surface area contributed by atoms with Gasteiger partial charge in [0.2, 0.25) is 5.82 Å². The van der Waals surface area contributed by atoms with Gasteiger partial charge in [-0.2, -0.15) is 4.98 Å². The van der Waals surface area contributed by atoms with Gasteiger partial charge < -0.3 is 20.1 Å². The quantitative estimate of drug-likeness (QED) is 0.757. The number of aromatic nitrogens is 2. The highest BCUT2D eigenvalue weighted by atomic mass is 16.5. The summed E-state index contributed by atoms with van der Waals surface area (Å²) in [6.45, 7) is 2.69. The Balaban J connectivity index is 1.69. The van der Waals surface area contributed by atoms with Crippen molar-refractivity contribution in [2.45, 2.75) is 31.1 Å². The van der Waals surface area contributed by atoms with Crippen LogP contribution in [0.3, 0.4) is 0 Å². The number of fused-ring (bicyclic) bond motifs is 1. The Kier molecular flexibility index (Phi) is 3.29. The Hall–Kier alpha value is -1.02. The lowest BCUT2D eigenvalue weighted by molar-refractivity contribution is -0.0548. The van der Waals surface area contributed by atoms with E-state index in [9.17, 15) is 5.11 Å². The Labute approximate surface area is 105 Å². The van der Waals surface area contributed by atoms with E-state index >= 15 is 0 Å². The van der Waals surface area contributed by atoms with Crippen molar-refractivity contribution >= 4 is 0 Å². The van der Waals surface area contributed by atoms with Gasteiger partial charge in [-0.3, -0.25) is 4.90 Å². The second-order valence-corrected chi connectivity index (χ2v) is 4.86. The molecular weight excluding hydrogens is 236 g/mol. The molecule has 0 amide bonds. The average Bonchev–Trinajstić information content (AvgIpc) is 3.05. The molecule has 2 saturated heterocycles. The molecule has 0 bridgehead atoms. The minimum atomic E-state index is -0.894. The van der Waals surface area contributed by atoms with Crippen LogP contribution >= 0.6 is 0 Å². The summed E-state index contributed by atoms with van der Waals surface area (Å²) in [6.07, 6.45) is 1.37. The number of rotatable bonds is 3. The summed E-state index contributed by atoms with van der Waals surface area (Å²) in [7, 11) is 0. The lowest BCUT2D eigenvalue weighted by Gasteiger charge is -2.33. The van der Waals surface area contributed by atoms with Gasteiger partial charge in [0.25, 0.3) is 5.89 Å². The number of nitrogens with two attached hydrogens (primary N) is 1. The van der Waals surface area contributed by atoms with Crippen molar-refractivity contribution in [3.05, 3.63) is 11.7 Å². The van der Waals surface area contributed by atoms with E-state index in [4.69, 9.17) is 15.0 Å². The predicted octanol–water partition coefficient (Wildman–Crippen LogP) is -0.403. The Bertz CT molecular complexity index is 411. The zero-order valence-electron chi connectivity index (χ0n) is 10.2. The van der Waals surface area contributed by atoms with E-state index in [1.165, 1.54) is 12.8 Å². The zero-order chi connectivity index (χ0) is 12.5. The number of aliphatic hydroxyl groups is 1. The Morgan fingerprint density at radius 2 is 2.44 bits per heavy atom. The van der Waals surface area contributed by atoms with Gasteiger partial charge in [0, 0.05) is 19.1 Å². The second-order valence-electron chi connectivity index (χ2n) is 4.86. The van der Waals surface area contributed by atoms with E-state index in [1.54, 1.807) is 0 Å². The van der Waals surface area contributed by atoms with E-state index in [2.05, 4.69) is 15.0 Å². The number of hydrogen-bond acceptors (Lipinski definition) is 7. The van der Waals surface area contributed by atoms with Crippen molar-refractivity contribution in [1.82, 2.24) is 15.0 Å². The first kappa shape index (κ1) is 12.0. The number of aliphatic hydroxyl groups excluding tert-OH is 1. The fourth-order valence-electron chi connectivity index (χ4n) is 2.59. The molecule has 7 heteroatoms. The van der Waals surface area contributed by atoms with Crippen LogP contribution in [0.5, 0.6) is 0 Å². The molecule has 2 aliphatic rings. The van der Waals surface area contributed by atoms with Gasteiger partial charge in [-0.15, -0.1) is 0 Å². The third-order valence-electron chi connectivity index (χ3n) is 3.64. The molecule has 2 aliphatic heterocycles. The first-order valence-corrected chi connectivity index (χ1v) is 6.35. The van der Waals surface area contributed by atoms with Crippen LogP contribution < -0.4 is 5.73 Å². The van der Waals surface area contributed by atoms with Crippen LogP contribution in [0.2, 0.25) is 0 Å². The highest BCUT2D eigenvalue weighted by Gasteiger charge is 2.35. The fourth-order valence-corrected chi connectivity index (χ4v) is 2.59. The van der Waals surface area contributed by atoms with Crippen molar-refractivity contribution in [2.24, 2.45) is 5.73 Å². The molecule has 3 unspecified atom stereocenters. The largest absolute Gasteiger partial charge is 0.382 e. The molecule has 0 spiro atoms. The monoisotopic (exact) mass is 254 g/mol.